The first-order chi connectivity index (χ1) is 7.70. The van der Waals surface area contributed by atoms with Crippen LogP contribution in [0.4, 0.5) is 0 Å². The lowest BCUT2D eigenvalue weighted by Gasteiger charge is -2.53. The minimum atomic E-state index is -1.05. The lowest BCUT2D eigenvalue weighted by atomic mass is 9.80. The molecule has 1 rings (SSSR count). The number of hydrogen-bond donors (Lipinski definition) is 2. The van der Waals surface area contributed by atoms with Gasteiger partial charge in [-0.1, -0.05) is 0 Å². The Morgan fingerprint density at radius 1 is 1.24 bits per heavy atom. The van der Waals surface area contributed by atoms with Gasteiger partial charge in [-0.05, 0) is 47.0 Å². The molecule has 1 heterocycles. The molecule has 1 saturated heterocycles. The topological polar surface area (TPSA) is 60.8 Å². The summed E-state index contributed by atoms with van der Waals surface area (Å²) in [4.78, 5) is 13.1. The van der Waals surface area contributed by atoms with E-state index >= 15 is 0 Å². The minimum Gasteiger partial charge on any atom is -0.478 e. The van der Waals surface area contributed by atoms with Crippen molar-refractivity contribution in [3.8, 4) is 0 Å². The number of aliphatic hydroxyl groups excluding tert-OH is 1. The van der Waals surface area contributed by atoms with E-state index in [-0.39, 0.29) is 16.7 Å². The molecular formula is C13H23NO3. The van der Waals surface area contributed by atoms with Crippen LogP contribution < -0.4 is 0 Å². The van der Waals surface area contributed by atoms with Gasteiger partial charge in [-0.2, -0.15) is 0 Å². The first kappa shape index (κ1) is 14.0. The molecule has 0 bridgehead atoms. The van der Waals surface area contributed by atoms with Gasteiger partial charge in [0.1, 0.15) is 0 Å². The van der Waals surface area contributed by atoms with E-state index in [9.17, 15) is 4.79 Å². The molecule has 1 aliphatic rings. The first-order valence-electron chi connectivity index (χ1n) is 6.05. The van der Waals surface area contributed by atoms with E-state index in [0.717, 1.165) is 19.3 Å². The fraction of sp³-hybridized carbons (Fsp3) is 0.769. The number of carbonyl (C=O) groups is 1. The van der Waals surface area contributed by atoms with Gasteiger partial charge in [0.05, 0.1) is 12.2 Å². The van der Waals surface area contributed by atoms with Crippen molar-refractivity contribution in [1.29, 1.82) is 0 Å². The Hall–Kier alpha value is -1.03. The van der Waals surface area contributed by atoms with Gasteiger partial charge in [0, 0.05) is 17.3 Å². The van der Waals surface area contributed by atoms with Crippen LogP contribution in [-0.2, 0) is 4.79 Å². The molecule has 17 heavy (non-hydrogen) atoms. The van der Waals surface area contributed by atoms with E-state index in [2.05, 4.69) is 32.6 Å². The van der Waals surface area contributed by atoms with Gasteiger partial charge < -0.3 is 15.1 Å². The highest BCUT2D eigenvalue weighted by molar-refractivity contribution is 5.86. The van der Waals surface area contributed by atoms with Crippen molar-refractivity contribution in [1.82, 2.24) is 4.90 Å². The monoisotopic (exact) mass is 241 g/mol. The number of carboxylic acid groups (broad SMARTS) is 1. The predicted molar refractivity (Wildman–Crippen MR) is 66.7 cm³/mol. The Kier molecular flexibility index (Phi) is 3.87. The normalized spacial score (nSPS) is 23.6. The van der Waals surface area contributed by atoms with E-state index in [1.165, 1.54) is 0 Å². The van der Waals surface area contributed by atoms with Crippen molar-refractivity contribution in [2.45, 2.75) is 58.0 Å². The molecule has 0 saturated carbocycles. The molecule has 4 heteroatoms. The van der Waals surface area contributed by atoms with Crippen LogP contribution in [0.3, 0.4) is 0 Å². The molecule has 0 amide bonds. The van der Waals surface area contributed by atoms with Crippen molar-refractivity contribution in [2.24, 2.45) is 0 Å². The van der Waals surface area contributed by atoms with Crippen LogP contribution >= 0.6 is 0 Å². The quantitative estimate of drug-likeness (QED) is 0.742. The largest absolute Gasteiger partial charge is 0.478 e. The summed E-state index contributed by atoms with van der Waals surface area (Å²) >= 11 is 0. The second-order valence-corrected chi connectivity index (χ2v) is 5.97. The number of nitrogens with zero attached hydrogens (tertiary/aromatic N) is 1. The molecule has 0 aromatic heterocycles. The Morgan fingerprint density at radius 2 is 1.71 bits per heavy atom. The van der Waals surface area contributed by atoms with Gasteiger partial charge in [0.25, 0.3) is 0 Å². The van der Waals surface area contributed by atoms with E-state index in [1.54, 1.807) is 6.20 Å². The molecule has 98 valence electrons. The van der Waals surface area contributed by atoms with Crippen LogP contribution in [0.1, 0.15) is 47.0 Å². The van der Waals surface area contributed by atoms with E-state index in [1.807, 2.05) is 0 Å². The summed E-state index contributed by atoms with van der Waals surface area (Å²) in [6.07, 6.45) is 4.82. The summed E-state index contributed by atoms with van der Waals surface area (Å²) in [6, 6.07) is 0. The third kappa shape index (κ3) is 3.00. The molecule has 0 aliphatic carbocycles. The van der Waals surface area contributed by atoms with Crippen LogP contribution in [-0.4, -0.2) is 38.8 Å². The molecule has 0 aromatic carbocycles. The fourth-order valence-corrected chi connectivity index (χ4v) is 2.68. The smallest absolute Gasteiger partial charge is 0.335 e. The maximum atomic E-state index is 11.0. The number of piperidine rings is 1. The molecular weight excluding hydrogens is 218 g/mol. The molecule has 1 aliphatic heterocycles. The summed E-state index contributed by atoms with van der Waals surface area (Å²) in [5.41, 5.74) is -0.0945. The van der Waals surface area contributed by atoms with Crippen molar-refractivity contribution < 1.29 is 15.0 Å². The highest BCUT2D eigenvalue weighted by Crippen LogP contribution is 2.38. The van der Waals surface area contributed by atoms with Gasteiger partial charge >= 0.3 is 5.97 Å². The standard InChI is InChI=1S/C13H23NO3/c1-12(2)6-5-7-13(3,4)14(12)8-10(9-15)11(16)17/h8,15H,5-7,9H2,1-4H3,(H,16,17). The summed E-state index contributed by atoms with van der Waals surface area (Å²) in [5.74, 6) is -1.05. The summed E-state index contributed by atoms with van der Waals surface area (Å²) in [5, 5.41) is 18.1. The SMILES string of the molecule is CC1(C)CCCC(C)(C)N1C=C(CO)C(=O)O. The summed E-state index contributed by atoms with van der Waals surface area (Å²) < 4.78 is 0. The summed E-state index contributed by atoms with van der Waals surface area (Å²) in [7, 11) is 0. The predicted octanol–water partition coefficient (Wildman–Crippen LogP) is 1.99. The molecule has 0 radical (unpaired) electrons. The lowest BCUT2D eigenvalue weighted by Crippen LogP contribution is -2.55. The van der Waals surface area contributed by atoms with Crippen LogP contribution in [0.5, 0.6) is 0 Å². The highest BCUT2D eigenvalue weighted by Gasteiger charge is 2.39. The van der Waals surface area contributed by atoms with Crippen molar-refractivity contribution in [2.75, 3.05) is 6.61 Å². The Balaban J connectivity index is 3.09. The summed E-state index contributed by atoms with van der Waals surface area (Å²) in [6.45, 7) is 8.02. The van der Waals surface area contributed by atoms with Crippen LogP contribution in [0, 0.1) is 0 Å². The van der Waals surface area contributed by atoms with Gasteiger partial charge in [-0.3, -0.25) is 0 Å². The van der Waals surface area contributed by atoms with Crippen LogP contribution in [0.15, 0.2) is 11.8 Å². The fourth-order valence-electron chi connectivity index (χ4n) is 2.68. The zero-order valence-corrected chi connectivity index (χ0v) is 11.2. The first-order valence-corrected chi connectivity index (χ1v) is 6.05. The zero-order valence-electron chi connectivity index (χ0n) is 11.2. The molecule has 0 spiro atoms. The Labute approximate surface area is 103 Å². The van der Waals surface area contributed by atoms with Crippen molar-refractivity contribution in [3.63, 3.8) is 0 Å². The molecule has 0 aromatic rings. The second kappa shape index (κ2) is 4.69. The number of aliphatic carboxylic acids is 1. The second-order valence-electron chi connectivity index (χ2n) is 5.97. The third-order valence-electron chi connectivity index (χ3n) is 3.61. The Bertz CT molecular complexity index is 316. The van der Waals surface area contributed by atoms with E-state index < -0.39 is 12.6 Å². The Morgan fingerprint density at radius 3 is 2.06 bits per heavy atom. The molecule has 0 unspecified atom stereocenters. The number of aliphatic hydroxyl groups is 1. The number of carboxylic acids is 1. The number of likely N-dealkylation sites (tertiary alicyclic amines) is 1. The average Bonchev–Trinajstić information content (AvgIpc) is 2.15. The van der Waals surface area contributed by atoms with Crippen LogP contribution in [0.2, 0.25) is 0 Å². The molecule has 0 atom stereocenters. The number of rotatable bonds is 3. The average molecular weight is 241 g/mol. The van der Waals surface area contributed by atoms with E-state index in [4.69, 9.17) is 10.2 Å². The van der Waals surface area contributed by atoms with Gasteiger partial charge in [0.2, 0.25) is 0 Å². The van der Waals surface area contributed by atoms with Gasteiger partial charge in [-0.25, -0.2) is 4.79 Å². The van der Waals surface area contributed by atoms with Crippen molar-refractivity contribution in [3.05, 3.63) is 11.8 Å². The van der Waals surface area contributed by atoms with Gasteiger partial charge in [0.15, 0.2) is 0 Å². The maximum absolute atomic E-state index is 11.0. The molecule has 2 N–H and O–H groups in total. The third-order valence-corrected chi connectivity index (χ3v) is 3.61. The van der Waals surface area contributed by atoms with Gasteiger partial charge in [-0.15, -0.1) is 0 Å². The van der Waals surface area contributed by atoms with Crippen molar-refractivity contribution >= 4 is 5.97 Å². The van der Waals surface area contributed by atoms with Crippen LogP contribution in [0.25, 0.3) is 0 Å². The number of hydrogen-bond acceptors (Lipinski definition) is 3. The lowest BCUT2D eigenvalue weighted by molar-refractivity contribution is -0.133. The highest BCUT2D eigenvalue weighted by atomic mass is 16.4. The molecule has 1 fully saturated rings. The maximum Gasteiger partial charge on any atom is 0.335 e. The molecule has 4 nitrogen and oxygen atoms in total. The minimum absolute atomic E-state index is 0.0491. The van der Waals surface area contributed by atoms with E-state index in [0.29, 0.717) is 0 Å². The zero-order chi connectivity index (χ0) is 13.3.